The minimum absolute atomic E-state index is 0.203. The predicted molar refractivity (Wildman–Crippen MR) is 81.5 cm³/mol. The summed E-state index contributed by atoms with van der Waals surface area (Å²) in [7, 11) is 0. The molecular weight excluding hydrogens is 302 g/mol. The summed E-state index contributed by atoms with van der Waals surface area (Å²) < 4.78 is 15.6. The molecule has 1 atom stereocenters. The molecule has 7 heteroatoms. The maximum atomic E-state index is 11.8. The van der Waals surface area contributed by atoms with Crippen molar-refractivity contribution in [2.75, 3.05) is 33.0 Å². The molecule has 1 unspecified atom stereocenters. The second-order valence-corrected chi connectivity index (χ2v) is 5.05. The van der Waals surface area contributed by atoms with Crippen LogP contribution in [0.3, 0.4) is 0 Å². The first-order chi connectivity index (χ1) is 11.1. The number of hydrogen-bond acceptors (Lipinski definition) is 5. The quantitative estimate of drug-likeness (QED) is 0.656. The van der Waals surface area contributed by atoms with Crippen LogP contribution < -0.4 is 10.1 Å². The van der Waals surface area contributed by atoms with E-state index in [1.807, 2.05) is 6.92 Å². The van der Waals surface area contributed by atoms with Crippen LogP contribution in [0.5, 0.6) is 5.75 Å². The number of carboxylic acid groups (broad SMARTS) is 1. The van der Waals surface area contributed by atoms with Crippen LogP contribution in [-0.2, 0) is 25.5 Å². The third-order valence-corrected chi connectivity index (χ3v) is 3.41. The van der Waals surface area contributed by atoms with Crippen LogP contribution in [0, 0.1) is 0 Å². The largest absolute Gasteiger partial charge is 0.493 e. The average Bonchev–Trinajstić information content (AvgIpc) is 2.99. The van der Waals surface area contributed by atoms with Crippen molar-refractivity contribution in [3.05, 3.63) is 29.3 Å². The lowest BCUT2D eigenvalue weighted by Gasteiger charge is -2.16. The number of aliphatic carboxylic acids is 1. The molecule has 23 heavy (non-hydrogen) atoms. The van der Waals surface area contributed by atoms with Crippen LogP contribution in [0.2, 0.25) is 0 Å². The molecule has 0 aliphatic carbocycles. The van der Waals surface area contributed by atoms with Crippen molar-refractivity contribution in [1.29, 1.82) is 0 Å². The van der Waals surface area contributed by atoms with Gasteiger partial charge in [-0.25, -0.2) is 4.79 Å². The minimum atomic E-state index is -1.12. The third kappa shape index (κ3) is 4.94. The zero-order chi connectivity index (χ0) is 16.7. The second-order valence-electron chi connectivity index (χ2n) is 5.05. The van der Waals surface area contributed by atoms with Crippen LogP contribution in [0.4, 0.5) is 0 Å². The lowest BCUT2D eigenvalue weighted by atomic mass is 10.0. The average molecular weight is 323 g/mol. The highest BCUT2D eigenvalue weighted by atomic mass is 16.5. The Kier molecular flexibility index (Phi) is 6.37. The third-order valence-electron chi connectivity index (χ3n) is 3.41. The van der Waals surface area contributed by atoms with Gasteiger partial charge in [0.1, 0.15) is 12.4 Å². The fourth-order valence-electron chi connectivity index (χ4n) is 2.30. The van der Waals surface area contributed by atoms with Gasteiger partial charge in [-0.2, -0.15) is 0 Å². The van der Waals surface area contributed by atoms with Crippen LogP contribution in [0.15, 0.2) is 18.2 Å². The highest BCUT2D eigenvalue weighted by Gasteiger charge is 2.24. The van der Waals surface area contributed by atoms with Crippen LogP contribution in [-0.4, -0.2) is 50.0 Å². The number of nitrogens with one attached hydrogen (secondary N) is 1. The lowest BCUT2D eigenvalue weighted by molar-refractivity contribution is -0.142. The minimum Gasteiger partial charge on any atom is -0.493 e. The molecular formula is C16H21NO6. The number of carbonyl (C=O) groups is 2. The van der Waals surface area contributed by atoms with E-state index >= 15 is 0 Å². The van der Waals surface area contributed by atoms with E-state index in [1.165, 1.54) is 0 Å². The summed E-state index contributed by atoms with van der Waals surface area (Å²) in [4.78, 5) is 23.3. The van der Waals surface area contributed by atoms with Gasteiger partial charge >= 0.3 is 5.97 Å². The molecule has 2 rings (SSSR count). The Morgan fingerprint density at radius 3 is 2.87 bits per heavy atom. The van der Waals surface area contributed by atoms with Gasteiger partial charge in [0.15, 0.2) is 6.04 Å². The topological polar surface area (TPSA) is 94.1 Å². The summed E-state index contributed by atoms with van der Waals surface area (Å²) in [5, 5.41) is 11.8. The van der Waals surface area contributed by atoms with Crippen molar-refractivity contribution < 1.29 is 28.9 Å². The van der Waals surface area contributed by atoms with Crippen LogP contribution in [0.25, 0.3) is 0 Å². The van der Waals surface area contributed by atoms with Crippen molar-refractivity contribution in [2.45, 2.75) is 19.4 Å². The number of benzene rings is 1. The first-order valence-corrected chi connectivity index (χ1v) is 7.55. The Hall–Kier alpha value is -2.12. The van der Waals surface area contributed by atoms with Gasteiger partial charge in [-0.05, 0) is 30.2 Å². The number of hydrogen-bond donors (Lipinski definition) is 2. The molecule has 1 heterocycles. The standard InChI is InChI=1S/C16H21NO6/c1-2-21-7-8-22-10-14(18)17-15(16(19)20)12-3-4-13-11(9-12)5-6-23-13/h3-4,9,15H,2,5-8,10H2,1H3,(H,17,18)(H,19,20). The van der Waals surface area contributed by atoms with E-state index in [0.717, 1.165) is 17.7 Å². The molecule has 126 valence electrons. The van der Waals surface area contributed by atoms with Gasteiger partial charge < -0.3 is 24.6 Å². The van der Waals surface area contributed by atoms with E-state index in [0.29, 0.717) is 25.4 Å². The summed E-state index contributed by atoms with van der Waals surface area (Å²) in [6, 6.07) is 4.04. The predicted octanol–water partition coefficient (Wildman–Crippen LogP) is 0.916. The Morgan fingerprint density at radius 2 is 2.13 bits per heavy atom. The number of fused-ring (bicyclic) bond motifs is 1. The molecule has 0 saturated carbocycles. The molecule has 1 aliphatic rings. The molecule has 1 aromatic carbocycles. The van der Waals surface area contributed by atoms with Gasteiger partial charge in [0, 0.05) is 13.0 Å². The fraction of sp³-hybridized carbons (Fsp3) is 0.500. The molecule has 1 amide bonds. The maximum Gasteiger partial charge on any atom is 0.330 e. The molecule has 0 bridgehead atoms. The highest BCUT2D eigenvalue weighted by Crippen LogP contribution is 2.28. The number of carboxylic acids is 1. The zero-order valence-corrected chi connectivity index (χ0v) is 13.0. The molecule has 0 radical (unpaired) electrons. The number of ether oxygens (including phenoxy) is 3. The highest BCUT2D eigenvalue weighted by molar-refractivity contribution is 5.85. The normalized spacial score (nSPS) is 14.0. The molecule has 2 N–H and O–H groups in total. The van der Waals surface area contributed by atoms with Crippen LogP contribution in [0.1, 0.15) is 24.1 Å². The van der Waals surface area contributed by atoms with Gasteiger partial charge in [0.25, 0.3) is 0 Å². The summed E-state index contributed by atoms with van der Waals surface area (Å²) in [5.74, 6) is -0.833. The molecule has 0 fully saturated rings. The van der Waals surface area contributed by atoms with Gasteiger partial charge in [0.2, 0.25) is 5.91 Å². The summed E-state index contributed by atoms with van der Waals surface area (Å²) in [5.41, 5.74) is 1.47. The summed E-state index contributed by atoms with van der Waals surface area (Å²) in [6.07, 6.45) is 0.740. The van der Waals surface area contributed by atoms with Gasteiger partial charge in [-0.15, -0.1) is 0 Å². The Morgan fingerprint density at radius 1 is 1.35 bits per heavy atom. The van der Waals surface area contributed by atoms with E-state index in [-0.39, 0.29) is 13.2 Å². The van der Waals surface area contributed by atoms with Crippen molar-refractivity contribution in [3.8, 4) is 5.75 Å². The van der Waals surface area contributed by atoms with E-state index < -0.39 is 17.9 Å². The van der Waals surface area contributed by atoms with Gasteiger partial charge in [-0.1, -0.05) is 6.07 Å². The van der Waals surface area contributed by atoms with E-state index in [4.69, 9.17) is 14.2 Å². The first kappa shape index (κ1) is 17.2. The smallest absolute Gasteiger partial charge is 0.330 e. The Balaban J connectivity index is 1.91. The molecule has 7 nitrogen and oxygen atoms in total. The summed E-state index contributed by atoms with van der Waals surface area (Å²) in [6.45, 7) is 3.53. The van der Waals surface area contributed by atoms with Gasteiger partial charge in [-0.3, -0.25) is 4.79 Å². The fourth-order valence-corrected chi connectivity index (χ4v) is 2.30. The monoisotopic (exact) mass is 323 g/mol. The lowest BCUT2D eigenvalue weighted by Crippen LogP contribution is -2.36. The van der Waals surface area contributed by atoms with Crippen molar-refractivity contribution in [3.63, 3.8) is 0 Å². The number of carbonyl (C=O) groups excluding carboxylic acids is 1. The summed E-state index contributed by atoms with van der Waals surface area (Å²) >= 11 is 0. The van der Waals surface area contributed by atoms with Crippen LogP contribution >= 0.6 is 0 Å². The SMILES string of the molecule is CCOCCOCC(=O)NC(C(=O)O)c1ccc2c(c1)CCO2. The zero-order valence-electron chi connectivity index (χ0n) is 13.0. The number of rotatable bonds is 9. The van der Waals surface area contributed by atoms with Gasteiger partial charge in [0.05, 0.1) is 19.8 Å². The second kappa shape index (κ2) is 8.50. The number of amides is 1. The van der Waals surface area contributed by atoms with Crippen molar-refractivity contribution in [1.82, 2.24) is 5.32 Å². The molecule has 0 saturated heterocycles. The van der Waals surface area contributed by atoms with Crippen molar-refractivity contribution >= 4 is 11.9 Å². The van der Waals surface area contributed by atoms with E-state index in [2.05, 4.69) is 5.32 Å². The molecule has 0 aromatic heterocycles. The van der Waals surface area contributed by atoms with E-state index in [1.54, 1.807) is 18.2 Å². The van der Waals surface area contributed by atoms with E-state index in [9.17, 15) is 14.7 Å². The Labute approximate surface area is 134 Å². The molecule has 0 spiro atoms. The first-order valence-electron chi connectivity index (χ1n) is 7.55. The molecule has 1 aromatic rings. The molecule has 1 aliphatic heterocycles. The Bertz CT molecular complexity index is 560. The van der Waals surface area contributed by atoms with Crippen molar-refractivity contribution in [2.24, 2.45) is 0 Å². The maximum absolute atomic E-state index is 11.8.